The van der Waals surface area contributed by atoms with Crippen LogP contribution >= 0.6 is 0 Å². The number of nitrogens with zero attached hydrogens (tertiary/aromatic N) is 2. The summed E-state index contributed by atoms with van der Waals surface area (Å²) in [5.74, 6) is 1.43. The number of carbonyl (C=O) groups excluding carboxylic acids is 1. The van der Waals surface area contributed by atoms with Crippen molar-refractivity contribution in [1.29, 1.82) is 0 Å². The molecule has 1 aliphatic carbocycles. The SMILES string of the molecule is Cc1ncc2c(n1)CCCC2NC(=O)CC1CCOCC1. The maximum Gasteiger partial charge on any atom is 0.220 e. The monoisotopic (exact) mass is 289 g/mol. The van der Waals surface area contributed by atoms with Gasteiger partial charge in [-0.05, 0) is 44.9 Å². The summed E-state index contributed by atoms with van der Waals surface area (Å²) < 4.78 is 5.34. The van der Waals surface area contributed by atoms with Gasteiger partial charge in [0.25, 0.3) is 0 Å². The van der Waals surface area contributed by atoms with Crippen molar-refractivity contribution < 1.29 is 9.53 Å². The Morgan fingerprint density at radius 3 is 3.00 bits per heavy atom. The van der Waals surface area contributed by atoms with E-state index in [4.69, 9.17) is 4.74 Å². The van der Waals surface area contributed by atoms with Crippen LogP contribution in [0.2, 0.25) is 0 Å². The lowest BCUT2D eigenvalue weighted by molar-refractivity contribution is -0.123. The molecule has 21 heavy (non-hydrogen) atoms. The average Bonchev–Trinajstić information content (AvgIpc) is 2.48. The number of hydrogen-bond donors (Lipinski definition) is 1. The number of aromatic nitrogens is 2. The van der Waals surface area contributed by atoms with E-state index in [-0.39, 0.29) is 11.9 Å². The fourth-order valence-electron chi connectivity index (χ4n) is 3.26. The van der Waals surface area contributed by atoms with Gasteiger partial charge in [-0.25, -0.2) is 9.97 Å². The summed E-state index contributed by atoms with van der Waals surface area (Å²) >= 11 is 0. The van der Waals surface area contributed by atoms with Gasteiger partial charge in [0.15, 0.2) is 0 Å². The minimum absolute atomic E-state index is 0.0849. The van der Waals surface area contributed by atoms with Crippen LogP contribution < -0.4 is 5.32 Å². The quantitative estimate of drug-likeness (QED) is 0.925. The van der Waals surface area contributed by atoms with E-state index < -0.39 is 0 Å². The van der Waals surface area contributed by atoms with Crippen molar-refractivity contribution in [2.75, 3.05) is 13.2 Å². The van der Waals surface area contributed by atoms with Crippen molar-refractivity contribution in [3.63, 3.8) is 0 Å². The molecule has 1 fully saturated rings. The predicted octanol–water partition coefficient (Wildman–Crippen LogP) is 2.10. The van der Waals surface area contributed by atoms with Crippen LogP contribution in [0.15, 0.2) is 6.20 Å². The molecule has 1 atom stereocenters. The van der Waals surface area contributed by atoms with E-state index in [1.54, 1.807) is 0 Å². The third-order valence-corrected chi connectivity index (χ3v) is 4.45. The Morgan fingerprint density at radius 1 is 1.38 bits per heavy atom. The molecule has 1 N–H and O–H groups in total. The van der Waals surface area contributed by atoms with Gasteiger partial charge in [-0.15, -0.1) is 0 Å². The summed E-state index contributed by atoms with van der Waals surface area (Å²) in [6.07, 6.45) is 7.54. The standard InChI is InChI=1S/C16H23N3O2/c1-11-17-10-13-14(18-11)3-2-4-15(13)19-16(20)9-12-5-7-21-8-6-12/h10,12,15H,2-9H2,1H3,(H,19,20). The van der Waals surface area contributed by atoms with Crippen molar-refractivity contribution in [1.82, 2.24) is 15.3 Å². The molecule has 3 rings (SSSR count). The summed E-state index contributed by atoms with van der Waals surface area (Å²) in [6, 6.07) is 0.0849. The second-order valence-electron chi connectivity index (χ2n) is 6.09. The molecule has 5 heteroatoms. The highest BCUT2D eigenvalue weighted by atomic mass is 16.5. The van der Waals surface area contributed by atoms with Crippen molar-refractivity contribution >= 4 is 5.91 Å². The topological polar surface area (TPSA) is 64.1 Å². The molecule has 1 amide bonds. The van der Waals surface area contributed by atoms with Gasteiger partial charge < -0.3 is 10.1 Å². The van der Waals surface area contributed by atoms with Crippen LogP contribution in [0.25, 0.3) is 0 Å². The molecule has 114 valence electrons. The van der Waals surface area contributed by atoms with Crippen LogP contribution in [0.3, 0.4) is 0 Å². The highest BCUT2D eigenvalue weighted by Crippen LogP contribution is 2.28. The fourth-order valence-corrected chi connectivity index (χ4v) is 3.26. The Kier molecular flexibility index (Phi) is 4.48. The largest absolute Gasteiger partial charge is 0.381 e. The third kappa shape index (κ3) is 3.59. The van der Waals surface area contributed by atoms with E-state index in [2.05, 4.69) is 15.3 Å². The number of ether oxygens (including phenoxy) is 1. The molecule has 1 saturated heterocycles. The molecule has 1 aromatic heterocycles. The normalized spacial score (nSPS) is 22.6. The lowest BCUT2D eigenvalue weighted by Crippen LogP contribution is -2.33. The van der Waals surface area contributed by atoms with Crippen LogP contribution in [0.4, 0.5) is 0 Å². The molecule has 1 aromatic rings. The zero-order chi connectivity index (χ0) is 14.7. The van der Waals surface area contributed by atoms with Crippen molar-refractivity contribution in [3.05, 3.63) is 23.3 Å². The smallest absolute Gasteiger partial charge is 0.220 e. The molecule has 0 radical (unpaired) electrons. The van der Waals surface area contributed by atoms with Crippen LogP contribution in [0.1, 0.15) is 55.2 Å². The van der Waals surface area contributed by atoms with E-state index in [0.717, 1.165) is 62.4 Å². The van der Waals surface area contributed by atoms with E-state index in [0.29, 0.717) is 12.3 Å². The predicted molar refractivity (Wildman–Crippen MR) is 78.8 cm³/mol. The first-order chi connectivity index (χ1) is 10.2. The Bertz CT molecular complexity index is 512. The Balaban J connectivity index is 1.61. The van der Waals surface area contributed by atoms with E-state index in [1.807, 2.05) is 13.1 Å². The molecule has 0 saturated carbocycles. The molecule has 2 aliphatic rings. The summed E-state index contributed by atoms with van der Waals surface area (Å²) in [5.41, 5.74) is 2.21. The highest BCUT2D eigenvalue weighted by molar-refractivity contribution is 5.76. The number of hydrogen-bond acceptors (Lipinski definition) is 4. The summed E-state index contributed by atoms with van der Waals surface area (Å²) in [6.45, 7) is 3.49. The zero-order valence-corrected chi connectivity index (χ0v) is 12.6. The van der Waals surface area contributed by atoms with Crippen LogP contribution in [-0.4, -0.2) is 29.1 Å². The van der Waals surface area contributed by atoms with Gasteiger partial charge in [0.05, 0.1) is 6.04 Å². The molecule has 0 spiro atoms. The second kappa shape index (κ2) is 6.52. The Hall–Kier alpha value is -1.49. The van der Waals surface area contributed by atoms with Gasteiger partial charge in [0.2, 0.25) is 5.91 Å². The molecule has 0 aromatic carbocycles. The average molecular weight is 289 g/mol. The molecule has 5 nitrogen and oxygen atoms in total. The Morgan fingerprint density at radius 2 is 2.19 bits per heavy atom. The lowest BCUT2D eigenvalue weighted by atomic mass is 9.91. The minimum Gasteiger partial charge on any atom is -0.381 e. The summed E-state index contributed by atoms with van der Waals surface area (Å²) in [7, 11) is 0. The molecule has 1 aliphatic heterocycles. The van der Waals surface area contributed by atoms with Gasteiger partial charge in [-0.2, -0.15) is 0 Å². The lowest BCUT2D eigenvalue weighted by Gasteiger charge is -2.27. The first kappa shape index (κ1) is 14.4. The first-order valence-corrected chi connectivity index (χ1v) is 7.92. The third-order valence-electron chi connectivity index (χ3n) is 4.45. The van der Waals surface area contributed by atoms with Gasteiger partial charge in [-0.3, -0.25) is 4.79 Å². The number of aryl methyl sites for hydroxylation is 2. The van der Waals surface area contributed by atoms with E-state index in [9.17, 15) is 4.79 Å². The highest BCUT2D eigenvalue weighted by Gasteiger charge is 2.25. The molecular weight excluding hydrogens is 266 g/mol. The van der Waals surface area contributed by atoms with Crippen molar-refractivity contribution in [3.8, 4) is 0 Å². The molecule has 1 unspecified atom stereocenters. The number of nitrogens with one attached hydrogen (secondary N) is 1. The number of carbonyl (C=O) groups is 1. The van der Waals surface area contributed by atoms with Crippen LogP contribution in [0, 0.1) is 12.8 Å². The number of amides is 1. The van der Waals surface area contributed by atoms with Gasteiger partial charge in [0, 0.05) is 37.1 Å². The number of rotatable bonds is 3. The van der Waals surface area contributed by atoms with Crippen molar-refractivity contribution in [2.24, 2.45) is 5.92 Å². The van der Waals surface area contributed by atoms with Gasteiger partial charge in [-0.1, -0.05) is 0 Å². The van der Waals surface area contributed by atoms with E-state index >= 15 is 0 Å². The zero-order valence-electron chi connectivity index (χ0n) is 12.6. The number of fused-ring (bicyclic) bond motifs is 1. The first-order valence-electron chi connectivity index (χ1n) is 7.92. The summed E-state index contributed by atoms with van der Waals surface area (Å²) in [5, 5.41) is 3.18. The Labute approximate surface area is 125 Å². The van der Waals surface area contributed by atoms with Crippen molar-refractivity contribution in [2.45, 2.75) is 51.5 Å². The minimum atomic E-state index is 0.0849. The molecule has 2 heterocycles. The van der Waals surface area contributed by atoms with Crippen LogP contribution in [0.5, 0.6) is 0 Å². The van der Waals surface area contributed by atoms with Crippen LogP contribution in [-0.2, 0) is 16.0 Å². The maximum atomic E-state index is 12.3. The maximum absolute atomic E-state index is 12.3. The molecule has 0 bridgehead atoms. The second-order valence-corrected chi connectivity index (χ2v) is 6.09. The van der Waals surface area contributed by atoms with E-state index in [1.165, 1.54) is 0 Å². The fraction of sp³-hybridized carbons (Fsp3) is 0.688. The molecular formula is C16H23N3O2. The van der Waals surface area contributed by atoms with Gasteiger partial charge >= 0.3 is 0 Å². The van der Waals surface area contributed by atoms with Gasteiger partial charge in [0.1, 0.15) is 5.82 Å². The summed E-state index contributed by atoms with van der Waals surface area (Å²) in [4.78, 5) is 21.1.